The molecular formula is C17H14FNO3S. The van der Waals surface area contributed by atoms with Gasteiger partial charge < -0.3 is 9.47 Å². The number of hydrogen-bond donors (Lipinski definition) is 0. The minimum atomic E-state index is -0.496. The zero-order valence-corrected chi connectivity index (χ0v) is 13.2. The zero-order chi connectivity index (χ0) is 16.2. The number of carbonyl (C=O) groups excluding carboxylic acids is 1. The highest BCUT2D eigenvalue weighted by Crippen LogP contribution is 2.22. The lowest BCUT2D eigenvalue weighted by molar-refractivity contribution is -0.144. The second kappa shape index (κ2) is 6.75. The molecule has 3 rings (SSSR count). The maximum absolute atomic E-state index is 13.6. The summed E-state index contributed by atoms with van der Waals surface area (Å²) < 4.78 is 24.7. The fourth-order valence-corrected chi connectivity index (χ4v) is 3.04. The number of fused-ring (bicyclic) bond motifs is 1. The van der Waals surface area contributed by atoms with Crippen molar-refractivity contribution in [3.63, 3.8) is 0 Å². The van der Waals surface area contributed by atoms with Gasteiger partial charge in [0.2, 0.25) is 0 Å². The minimum absolute atomic E-state index is 0.00576. The molecule has 0 aliphatic carbocycles. The first-order chi connectivity index (χ1) is 11.2. The Bertz CT molecular complexity index is 814. The molecule has 118 valence electrons. The van der Waals surface area contributed by atoms with Crippen molar-refractivity contribution in [1.82, 2.24) is 4.98 Å². The largest absolute Gasteiger partial charge is 0.494 e. The van der Waals surface area contributed by atoms with Gasteiger partial charge in [0.25, 0.3) is 0 Å². The molecule has 0 spiro atoms. The van der Waals surface area contributed by atoms with Crippen LogP contribution in [-0.4, -0.2) is 18.1 Å². The van der Waals surface area contributed by atoms with Crippen LogP contribution in [0.2, 0.25) is 0 Å². The van der Waals surface area contributed by atoms with Crippen LogP contribution in [0.15, 0.2) is 42.5 Å². The van der Waals surface area contributed by atoms with E-state index in [1.54, 1.807) is 6.07 Å². The first-order valence-corrected chi connectivity index (χ1v) is 7.80. The average molecular weight is 331 g/mol. The standard InChI is InChI=1S/C17H14FNO3S/c1-21-14-7-6-11(8-12(14)18)9-17(20)22-10-16-19-13-4-2-3-5-15(13)23-16/h2-8H,9-10H2,1H3. The van der Waals surface area contributed by atoms with Crippen molar-refractivity contribution in [2.75, 3.05) is 7.11 Å². The van der Waals surface area contributed by atoms with Crippen LogP contribution in [0, 0.1) is 5.82 Å². The molecule has 0 N–H and O–H groups in total. The monoisotopic (exact) mass is 331 g/mol. The van der Waals surface area contributed by atoms with Crippen LogP contribution < -0.4 is 4.74 Å². The van der Waals surface area contributed by atoms with Gasteiger partial charge in [-0.2, -0.15) is 0 Å². The lowest BCUT2D eigenvalue weighted by atomic mass is 10.1. The summed E-state index contributed by atoms with van der Waals surface area (Å²) in [7, 11) is 1.39. The Morgan fingerprint density at radius 2 is 2.09 bits per heavy atom. The van der Waals surface area contributed by atoms with Gasteiger partial charge in [0.15, 0.2) is 11.6 Å². The Kier molecular flexibility index (Phi) is 4.52. The van der Waals surface area contributed by atoms with Crippen LogP contribution in [0.3, 0.4) is 0 Å². The van der Waals surface area contributed by atoms with E-state index in [9.17, 15) is 9.18 Å². The predicted molar refractivity (Wildman–Crippen MR) is 86.1 cm³/mol. The Hall–Kier alpha value is -2.47. The summed E-state index contributed by atoms with van der Waals surface area (Å²) >= 11 is 1.49. The molecule has 2 aromatic carbocycles. The lowest BCUT2D eigenvalue weighted by Gasteiger charge is -2.05. The molecule has 0 fully saturated rings. The highest BCUT2D eigenvalue weighted by Gasteiger charge is 2.10. The first kappa shape index (κ1) is 15.4. The van der Waals surface area contributed by atoms with Gasteiger partial charge in [0, 0.05) is 0 Å². The third-order valence-electron chi connectivity index (χ3n) is 3.26. The number of halogens is 1. The van der Waals surface area contributed by atoms with Gasteiger partial charge in [-0.3, -0.25) is 4.79 Å². The number of rotatable bonds is 5. The molecule has 1 aromatic heterocycles. The van der Waals surface area contributed by atoms with Crippen molar-refractivity contribution in [3.8, 4) is 5.75 Å². The summed E-state index contributed by atoms with van der Waals surface area (Å²) in [5.41, 5.74) is 1.43. The van der Waals surface area contributed by atoms with Crippen molar-refractivity contribution in [3.05, 3.63) is 58.9 Å². The normalized spacial score (nSPS) is 10.7. The summed E-state index contributed by atoms with van der Waals surface area (Å²) in [6.07, 6.45) is 0.00576. The van der Waals surface area contributed by atoms with E-state index in [-0.39, 0.29) is 18.8 Å². The van der Waals surface area contributed by atoms with Crippen molar-refractivity contribution in [2.24, 2.45) is 0 Å². The number of ether oxygens (including phenoxy) is 2. The van der Waals surface area contributed by atoms with Gasteiger partial charge in [-0.05, 0) is 29.8 Å². The number of thiazole rings is 1. The number of carbonyl (C=O) groups is 1. The molecule has 0 aliphatic rings. The third-order valence-corrected chi connectivity index (χ3v) is 4.27. The Morgan fingerprint density at radius 3 is 2.83 bits per heavy atom. The molecule has 6 heteroatoms. The Balaban J connectivity index is 1.60. The molecule has 0 bridgehead atoms. The number of methoxy groups -OCH3 is 1. The van der Waals surface area contributed by atoms with Gasteiger partial charge in [-0.15, -0.1) is 11.3 Å². The van der Waals surface area contributed by atoms with Crippen LogP contribution in [0.4, 0.5) is 4.39 Å². The van der Waals surface area contributed by atoms with Crippen LogP contribution in [0.5, 0.6) is 5.75 Å². The van der Waals surface area contributed by atoms with Gasteiger partial charge in [0.1, 0.15) is 11.6 Å². The number of benzene rings is 2. The van der Waals surface area contributed by atoms with E-state index < -0.39 is 11.8 Å². The van der Waals surface area contributed by atoms with Crippen LogP contribution in [-0.2, 0) is 22.6 Å². The molecule has 0 saturated heterocycles. The van der Waals surface area contributed by atoms with Crippen molar-refractivity contribution >= 4 is 27.5 Å². The molecule has 0 unspecified atom stereocenters. The van der Waals surface area contributed by atoms with E-state index in [2.05, 4.69) is 4.98 Å². The predicted octanol–water partition coefficient (Wildman–Crippen LogP) is 3.73. The topological polar surface area (TPSA) is 48.4 Å². The molecule has 4 nitrogen and oxygen atoms in total. The fraction of sp³-hybridized carbons (Fsp3) is 0.176. The number of esters is 1. The van der Waals surface area contributed by atoms with Gasteiger partial charge in [-0.25, -0.2) is 9.37 Å². The Labute approximate surface area is 136 Å². The van der Waals surface area contributed by atoms with E-state index in [0.29, 0.717) is 5.56 Å². The van der Waals surface area contributed by atoms with Crippen molar-refractivity contribution in [1.29, 1.82) is 0 Å². The molecule has 3 aromatic rings. The van der Waals surface area contributed by atoms with Crippen LogP contribution >= 0.6 is 11.3 Å². The average Bonchev–Trinajstić information content (AvgIpc) is 2.96. The van der Waals surface area contributed by atoms with Gasteiger partial charge in [0.05, 0.1) is 23.7 Å². The van der Waals surface area contributed by atoms with Crippen molar-refractivity contribution < 1.29 is 18.7 Å². The summed E-state index contributed by atoms with van der Waals surface area (Å²) in [6.45, 7) is 0.122. The first-order valence-electron chi connectivity index (χ1n) is 6.98. The summed E-state index contributed by atoms with van der Waals surface area (Å²) in [5.74, 6) is -0.769. The quantitative estimate of drug-likeness (QED) is 0.669. The lowest BCUT2D eigenvalue weighted by Crippen LogP contribution is -2.08. The molecule has 0 atom stereocenters. The number of hydrogen-bond acceptors (Lipinski definition) is 5. The molecule has 0 saturated carbocycles. The second-order valence-electron chi connectivity index (χ2n) is 4.88. The summed E-state index contributed by atoms with van der Waals surface area (Å²) in [5, 5.41) is 0.737. The molecule has 23 heavy (non-hydrogen) atoms. The second-order valence-corrected chi connectivity index (χ2v) is 6.00. The summed E-state index contributed by atoms with van der Waals surface area (Å²) in [6, 6.07) is 12.1. The Morgan fingerprint density at radius 1 is 1.26 bits per heavy atom. The van der Waals surface area contributed by atoms with E-state index in [1.165, 1.54) is 30.6 Å². The molecule has 1 heterocycles. The van der Waals surface area contributed by atoms with E-state index in [4.69, 9.17) is 9.47 Å². The van der Waals surface area contributed by atoms with Gasteiger partial charge in [-0.1, -0.05) is 18.2 Å². The highest BCUT2D eigenvalue weighted by molar-refractivity contribution is 7.18. The molecule has 0 aliphatic heterocycles. The summed E-state index contributed by atoms with van der Waals surface area (Å²) in [4.78, 5) is 16.3. The van der Waals surface area contributed by atoms with Crippen molar-refractivity contribution in [2.45, 2.75) is 13.0 Å². The highest BCUT2D eigenvalue weighted by atomic mass is 32.1. The fourth-order valence-electron chi connectivity index (χ4n) is 2.16. The van der Waals surface area contributed by atoms with E-state index in [1.807, 2.05) is 24.3 Å². The smallest absolute Gasteiger partial charge is 0.310 e. The molecule has 0 radical (unpaired) electrons. The van der Waals surface area contributed by atoms with Crippen LogP contribution in [0.1, 0.15) is 10.6 Å². The number of aromatic nitrogens is 1. The minimum Gasteiger partial charge on any atom is -0.494 e. The van der Waals surface area contributed by atoms with E-state index >= 15 is 0 Å². The maximum atomic E-state index is 13.6. The maximum Gasteiger partial charge on any atom is 0.310 e. The van der Waals surface area contributed by atoms with E-state index in [0.717, 1.165) is 15.2 Å². The SMILES string of the molecule is COc1ccc(CC(=O)OCc2nc3ccccc3s2)cc1F. The zero-order valence-electron chi connectivity index (χ0n) is 12.4. The number of nitrogens with zero attached hydrogens (tertiary/aromatic N) is 1. The molecule has 0 amide bonds. The third kappa shape index (κ3) is 3.65. The number of para-hydroxylation sites is 1. The molecular weight excluding hydrogens is 317 g/mol. The van der Waals surface area contributed by atoms with Crippen LogP contribution in [0.25, 0.3) is 10.2 Å². The van der Waals surface area contributed by atoms with Gasteiger partial charge >= 0.3 is 5.97 Å².